The number of methoxy groups -OCH3 is 3. The standard InChI is InChI=1S/C36H41N3O5/c1-7-39(8-2)27-14-9-23(10-15-27)34-33(36(41)38-26-12-16-28(42-4)17-13-26)22(3)37-29-19-25(20-30(40)35(29)34)24-11-18-31(43-5)32(21-24)44-6/h9-18,21,25,34,37H,7-8,19-20H2,1-6H3,(H,38,41)/t25-,34+/m0/s1. The molecule has 1 amide bonds. The fourth-order valence-electron chi connectivity index (χ4n) is 6.35. The molecule has 1 heterocycles. The topological polar surface area (TPSA) is 89.1 Å². The van der Waals surface area contributed by atoms with Crippen LogP contribution < -0.4 is 29.7 Å². The summed E-state index contributed by atoms with van der Waals surface area (Å²) in [6, 6.07) is 21.3. The molecule has 5 rings (SSSR count). The van der Waals surface area contributed by atoms with Crippen LogP contribution in [-0.4, -0.2) is 46.1 Å². The Labute approximate surface area is 259 Å². The number of nitrogens with one attached hydrogen (secondary N) is 2. The first kappa shape index (κ1) is 30.7. The molecule has 44 heavy (non-hydrogen) atoms. The Morgan fingerprint density at radius 3 is 2.14 bits per heavy atom. The molecule has 1 aliphatic carbocycles. The number of ketones is 1. The van der Waals surface area contributed by atoms with Crippen molar-refractivity contribution in [3.63, 3.8) is 0 Å². The van der Waals surface area contributed by atoms with Crippen LogP contribution in [0.15, 0.2) is 89.3 Å². The third-order valence-electron chi connectivity index (χ3n) is 8.65. The number of nitrogens with zero attached hydrogens (tertiary/aromatic N) is 1. The van der Waals surface area contributed by atoms with Gasteiger partial charge >= 0.3 is 0 Å². The maximum absolute atomic E-state index is 14.1. The molecule has 0 fully saturated rings. The van der Waals surface area contributed by atoms with Crippen LogP contribution in [0.25, 0.3) is 0 Å². The predicted octanol–water partition coefficient (Wildman–Crippen LogP) is 6.56. The van der Waals surface area contributed by atoms with E-state index in [0.717, 1.165) is 41.3 Å². The van der Waals surface area contributed by atoms with Gasteiger partial charge in [-0.05, 0) is 92.8 Å². The molecular formula is C36H41N3O5. The number of carbonyl (C=O) groups excluding carboxylic acids is 2. The Bertz CT molecular complexity index is 1590. The van der Waals surface area contributed by atoms with E-state index in [-0.39, 0.29) is 17.6 Å². The molecule has 2 aliphatic rings. The molecule has 0 aromatic heterocycles. The van der Waals surface area contributed by atoms with Crippen molar-refractivity contribution < 1.29 is 23.8 Å². The van der Waals surface area contributed by atoms with E-state index >= 15 is 0 Å². The minimum atomic E-state index is -0.505. The highest BCUT2D eigenvalue weighted by atomic mass is 16.5. The van der Waals surface area contributed by atoms with Crippen molar-refractivity contribution in [2.75, 3.05) is 44.6 Å². The van der Waals surface area contributed by atoms with Gasteiger partial charge in [0, 0.05) is 59.3 Å². The van der Waals surface area contributed by atoms with E-state index in [0.29, 0.717) is 46.9 Å². The number of anilines is 2. The third kappa shape index (κ3) is 6.02. The maximum atomic E-state index is 14.1. The fourth-order valence-corrected chi connectivity index (χ4v) is 6.35. The summed E-state index contributed by atoms with van der Waals surface area (Å²) >= 11 is 0. The molecule has 0 spiro atoms. The average molecular weight is 596 g/mol. The van der Waals surface area contributed by atoms with Crippen molar-refractivity contribution in [3.8, 4) is 17.2 Å². The lowest BCUT2D eigenvalue weighted by Gasteiger charge is -2.37. The monoisotopic (exact) mass is 595 g/mol. The minimum Gasteiger partial charge on any atom is -0.497 e. The van der Waals surface area contributed by atoms with Crippen molar-refractivity contribution in [2.45, 2.75) is 45.4 Å². The van der Waals surface area contributed by atoms with Crippen LogP contribution in [0.4, 0.5) is 11.4 Å². The lowest BCUT2D eigenvalue weighted by molar-refractivity contribution is -0.116. The molecule has 3 aromatic carbocycles. The van der Waals surface area contributed by atoms with Gasteiger partial charge in [0.1, 0.15) is 5.75 Å². The SMILES string of the molecule is CCN(CC)c1ccc([C@@H]2C(C(=O)Nc3ccc(OC)cc3)=C(C)NC3=C2C(=O)C[C@@H](c2ccc(OC)c(OC)c2)C3)cc1. The summed E-state index contributed by atoms with van der Waals surface area (Å²) in [5.41, 5.74) is 6.45. The molecular weight excluding hydrogens is 554 g/mol. The summed E-state index contributed by atoms with van der Waals surface area (Å²) in [5.74, 6) is 1.21. The largest absolute Gasteiger partial charge is 0.497 e. The second kappa shape index (κ2) is 13.3. The summed E-state index contributed by atoms with van der Waals surface area (Å²) in [6.07, 6.45) is 0.964. The van der Waals surface area contributed by atoms with Gasteiger partial charge in [0.15, 0.2) is 17.3 Å². The Kier molecular flexibility index (Phi) is 9.28. The molecule has 0 radical (unpaired) electrons. The lowest BCUT2D eigenvalue weighted by atomic mass is 9.71. The maximum Gasteiger partial charge on any atom is 0.254 e. The highest BCUT2D eigenvalue weighted by Gasteiger charge is 2.41. The van der Waals surface area contributed by atoms with E-state index < -0.39 is 5.92 Å². The van der Waals surface area contributed by atoms with Gasteiger partial charge in [-0.2, -0.15) is 0 Å². The van der Waals surface area contributed by atoms with E-state index in [1.54, 1.807) is 45.6 Å². The number of amides is 1. The lowest BCUT2D eigenvalue weighted by Crippen LogP contribution is -2.37. The highest BCUT2D eigenvalue weighted by molar-refractivity contribution is 6.10. The molecule has 8 nitrogen and oxygen atoms in total. The zero-order valence-corrected chi connectivity index (χ0v) is 26.3. The number of carbonyl (C=O) groups is 2. The zero-order chi connectivity index (χ0) is 31.4. The van der Waals surface area contributed by atoms with Crippen LogP contribution in [0.3, 0.4) is 0 Å². The molecule has 0 saturated carbocycles. The summed E-state index contributed by atoms with van der Waals surface area (Å²) in [4.78, 5) is 30.4. The molecule has 2 N–H and O–H groups in total. The van der Waals surface area contributed by atoms with Crippen LogP contribution in [-0.2, 0) is 9.59 Å². The minimum absolute atomic E-state index is 0.0265. The van der Waals surface area contributed by atoms with Crippen LogP contribution in [0.5, 0.6) is 17.2 Å². The summed E-state index contributed by atoms with van der Waals surface area (Å²) in [6.45, 7) is 7.95. The first-order valence-electron chi connectivity index (χ1n) is 15.1. The number of rotatable bonds is 10. The van der Waals surface area contributed by atoms with E-state index in [1.165, 1.54) is 0 Å². The number of ether oxygens (including phenoxy) is 3. The van der Waals surface area contributed by atoms with E-state index in [4.69, 9.17) is 14.2 Å². The zero-order valence-electron chi connectivity index (χ0n) is 26.3. The van der Waals surface area contributed by atoms with Gasteiger partial charge in [-0.15, -0.1) is 0 Å². The van der Waals surface area contributed by atoms with Crippen molar-refractivity contribution >= 4 is 23.1 Å². The first-order chi connectivity index (χ1) is 21.3. The molecule has 3 aromatic rings. The van der Waals surface area contributed by atoms with Gasteiger partial charge in [-0.25, -0.2) is 0 Å². The van der Waals surface area contributed by atoms with Crippen molar-refractivity contribution in [1.82, 2.24) is 5.32 Å². The quantitative estimate of drug-likeness (QED) is 0.274. The molecule has 230 valence electrons. The third-order valence-corrected chi connectivity index (χ3v) is 8.65. The number of allylic oxidation sites excluding steroid dienone is 3. The van der Waals surface area contributed by atoms with Crippen LogP contribution >= 0.6 is 0 Å². The molecule has 0 unspecified atom stereocenters. The van der Waals surface area contributed by atoms with Gasteiger partial charge in [-0.3, -0.25) is 9.59 Å². The van der Waals surface area contributed by atoms with Crippen LogP contribution in [0.2, 0.25) is 0 Å². The van der Waals surface area contributed by atoms with E-state index in [1.807, 2.05) is 25.1 Å². The van der Waals surface area contributed by atoms with Gasteiger partial charge in [0.25, 0.3) is 5.91 Å². The van der Waals surface area contributed by atoms with Gasteiger partial charge in [-0.1, -0.05) is 18.2 Å². The van der Waals surface area contributed by atoms with Crippen molar-refractivity contribution in [1.29, 1.82) is 0 Å². The Balaban J connectivity index is 1.54. The second-order valence-electron chi connectivity index (χ2n) is 11.1. The molecule has 0 bridgehead atoms. The Hall–Kier alpha value is -4.72. The van der Waals surface area contributed by atoms with Crippen molar-refractivity contribution in [2.24, 2.45) is 0 Å². The normalized spacial score (nSPS) is 17.9. The average Bonchev–Trinajstić information content (AvgIpc) is 3.04. The van der Waals surface area contributed by atoms with E-state index in [2.05, 4.69) is 53.6 Å². The summed E-state index contributed by atoms with van der Waals surface area (Å²) in [5, 5.41) is 6.52. The summed E-state index contributed by atoms with van der Waals surface area (Å²) < 4.78 is 16.2. The molecule has 0 saturated heterocycles. The Morgan fingerprint density at radius 1 is 0.864 bits per heavy atom. The molecule has 1 aliphatic heterocycles. The number of dihydropyridines is 1. The number of benzene rings is 3. The molecule has 8 heteroatoms. The van der Waals surface area contributed by atoms with E-state index in [9.17, 15) is 9.59 Å². The van der Waals surface area contributed by atoms with Crippen LogP contribution in [0, 0.1) is 0 Å². The van der Waals surface area contributed by atoms with Crippen LogP contribution in [0.1, 0.15) is 56.6 Å². The van der Waals surface area contributed by atoms with Crippen molar-refractivity contribution in [3.05, 3.63) is 100 Å². The summed E-state index contributed by atoms with van der Waals surface area (Å²) in [7, 11) is 4.82. The second-order valence-corrected chi connectivity index (χ2v) is 11.1. The van der Waals surface area contributed by atoms with Gasteiger partial charge < -0.3 is 29.7 Å². The number of Topliss-reactive ketones (excluding diaryl/α,β-unsaturated/α-hetero) is 1. The predicted molar refractivity (Wildman–Crippen MR) is 174 cm³/mol. The smallest absolute Gasteiger partial charge is 0.254 e. The van der Waals surface area contributed by atoms with Gasteiger partial charge in [0.2, 0.25) is 0 Å². The fraction of sp³-hybridized carbons (Fsp3) is 0.333. The number of hydrogen-bond acceptors (Lipinski definition) is 7. The number of hydrogen-bond donors (Lipinski definition) is 2. The van der Waals surface area contributed by atoms with Gasteiger partial charge in [0.05, 0.1) is 21.3 Å². The Morgan fingerprint density at radius 2 is 1.52 bits per heavy atom. The molecule has 2 atom stereocenters. The first-order valence-corrected chi connectivity index (χ1v) is 15.1. The highest BCUT2D eigenvalue weighted by Crippen LogP contribution is 2.46.